The Morgan fingerprint density at radius 3 is 3.00 bits per heavy atom. The van der Waals surface area contributed by atoms with Crippen LogP contribution < -0.4 is 0 Å². The number of likely N-dealkylation sites (tertiary alicyclic amines) is 1. The van der Waals surface area contributed by atoms with E-state index in [4.69, 9.17) is 0 Å². The molecule has 0 aromatic heterocycles. The summed E-state index contributed by atoms with van der Waals surface area (Å²) >= 11 is 2.08. The van der Waals surface area contributed by atoms with Crippen molar-refractivity contribution in [3.63, 3.8) is 0 Å². The Kier molecular flexibility index (Phi) is 3.17. The first-order chi connectivity index (χ1) is 6.74. The zero-order valence-corrected chi connectivity index (χ0v) is 9.85. The summed E-state index contributed by atoms with van der Waals surface area (Å²) in [7, 11) is 0. The molecule has 80 valence electrons. The minimum Gasteiger partial charge on any atom is -0.298 e. The minimum absolute atomic E-state index is 0.234. The Bertz CT molecular complexity index is 231. The van der Waals surface area contributed by atoms with Gasteiger partial charge in [-0.1, -0.05) is 6.92 Å². The molecule has 0 bridgehead atoms. The molecule has 2 saturated heterocycles. The van der Waals surface area contributed by atoms with Crippen LogP contribution in [0.5, 0.6) is 0 Å². The molecule has 0 amide bonds. The van der Waals surface area contributed by atoms with Gasteiger partial charge in [-0.15, -0.1) is 0 Å². The predicted molar refractivity (Wildman–Crippen MR) is 60.7 cm³/mol. The number of fused-ring (bicyclic) bond motifs is 1. The third kappa shape index (κ3) is 1.72. The molecule has 3 heteroatoms. The highest BCUT2D eigenvalue weighted by molar-refractivity contribution is 8.00. The topological polar surface area (TPSA) is 20.3 Å². The van der Waals surface area contributed by atoms with E-state index in [2.05, 4.69) is 23.6 Å². The van der Waals surface area contributed by atoms with Crippen LogP contribution in [0.25, 0.3) is 0 Å². The highest BCUT2D eigenvalue weighted by atomic mass is 32.2. The van der Waals surface area contributed by atoms with Gasteiger partial charge in [-0.3, -0.25) is 9.69 Å². The molecular weight excluding hydrogens is 194 g/mol. The second-order valence-corrected chi connectivity index (χ2v) is 5.71. The molecule has 2 aliphatic rings. The van der Waals surface area contributed by atoms with Crippen LogP contribution in [0.15, 0.2) is 0 Å². The van der Waals surface area contributed by atoms with Gasteiger partial charge >= 0.3 is 0 Å². The average Bonchev–Trinajstić information content (AvgIpc) is 2.55. The molecule has 0 aromatic rings. The fraction of sp³-hybridized carbons (Fsp3) is 0.909. The van der Waals surface area contributed by atoms with Crippen LogP contribution in [0.1, 0.15) is 26.7 Å². The molecule has 3 atom stereocenters. The lowest BCUT2D eigenvalue weighted by atomic mass is 9.92. The van der Waals surface area contributed by atoms with Crippen molar-refractivity contribution in [3.8, 4) is 0 Å². The molecule has 3 unspecified atom stereocenters. The Balaban J connectivity index is 2.14. The van der Waals surface area contributed by atoms with Gasteiger partial charge in [0.25, 0.3) is 0 Å². The predicted octanol–water partition coefficient (Wildman–Crippen LogP) is 1.79. The van der Waals surface area contributed by atoms with Gasteiger partial charge in [0.05, 0.1) is 6.04 Å². The molecule has 0 aliphatic carbocycles. The summed E-state index contributed by atoms with van der Waals surface area (Å²) in [5, 5.41) is 0.734. The van der Waals surface area contributed by atoms with Crippen molar-refractivity contribution in [2.45, 2.75) is 38.0 Å². The van der Waals surface area contributed by atoms with Gasteiger partial charge in [-0.05, 0) is 38.0 Å². The van der Waals surface area contributed by atoms with Gasteiger partial charge in [0.1, 0.15) is 5.78 Å². The summed E-state index contributed by atoms with van der Waals surface area (Å²) in [6.45, 7) is 6.08. The Morgan fingerprint density at radius 1 is 1.57 bits per heavy atom. The second-order valence-electron chi connectivity index (χ2n) is 4.36. The number of Topliss-reactive ketones (excluding diaryl/α,β-unsaturated/α-hetero) is 1. The summed E-state index contributed by atoms with van der Waals surface area (Å²) in [4.78, 5) is 14.0. The number of hydrogen-bond acceptors (Lipinski definition) is 3. The van der Waals surface area contributed by atoms with E-state index in [9.17, 15) is 4.79 Å². The summed E-state index contributed by atoms with van der Waals surface area (Å²) in [6, 6.07) is 0.234. The first kappa shape index (κ1) is 10.5. The van der Waals surface area contributed by atoms with E-state index >= 15 is 0 Å². The summed E-state index contributed by atoms with van der Waals surface area (Å²) in [5.74, 6) is 2.32. The van der Waals surface area contributed by atoms with Gasteiger partial charge in [0.15, 0.2) is 0 Å². The van der Waals surface area contributed by atoms with E-state index in [1.54, 1.807) is 6.92 Å². The molecule has 0 aromatic carbocycles. The maximum absolute atomic E-state index is 11.6. The summed E-state index contributed by atoms with van der Waals surface area (Å²) in [5.41, 5.74) is 0. The van der Waals surface area contributed by atoms with Crippen LogP contribution in [0.4, 0.5) is 0 Å². The van der Waals surface area contributed by atoms with E-state index in [-0.39, 0.29) is 6.04 Å². The quantitative estimate of drug-likeness (QED) is 0.697. The van der Waals surface area contributed by atoms with Crippen LogP contribution in [0, 0.1) is 5.92 Å². The van der Waals surface area contributed by atoms with Crippen molar-refractivity contribution >= 4 is 17.5 Å². The number of thioether (sulfide) groups is 1. The van der Waals surface area contributed by atoms with Crippen molar-refractivity contribution in [2.24, 2.45) is 5.92 Å². The maximum Gasteiger partial charge on any atom is 0.147 e. The second kappa shape index (κ2) is 4.23. The van der Waals surface area contributed by atoms with Gasteiger partial charge in [-0.2, -0.15) is 11.8 Å². The molecule has 2 fully saturated rings. The molecule has 2 heterocycles. The van der Waals surface area contributed by atoms with Crippen LogP contribution in [-0.4, -0.2) is 40.8 Å². The SMILES string of the molecule is CCN1CC2SCCCC2C1C(C)=O. The number of ketones is 1. The normalized spacial score (nSPS) is 38.3. The summed E-state index contributed by atoms with van der Waals surface area (Å²) in [6.07, 6.45) is 2.56. The van der Waals surface area contributed by atoms with Crippen molar-refractivity contribution in [1.82, 2.24) is 4.90 Å². The van der Waals surface area contributed by atoms with Gasteiger partial charge < -0.3 is 0 Å². The summed E-state index contributed by atoms with van der Waals surface area (Å²) < 4.78 is 0. The molecule has 14 heavy (non-hydrogen) atoms. The maximum atomic E-state index is 11.6. The molecule has 2 rings (SSSR count). The van der Waals surface area contributed by atoms with Gasteiger partial charge in [0, 0.05) is 11.8 Å². The first-order valence-corrected chi connectivity index (χ1v) is 6.65. The monoisotopic (exact) mass is 213 g/mol. The smallest absolute Gasteiger partial charge is 0.147 e. The zero-order valence-electron chi connectivity index (χ0n) is 9.03. The van der Waals surface area contributed by atoms with Crippen molar-refractivity contribution in [2.75, 3.05) is 18.8 Å². The van der Waals surface area contributed by atoms with E-state index in [0.29, 0.717) is 11.7 Å². The number of rotatable bonds is 2. The lowest BCUT2D eigenvalue weighted by Crippen LogP contribution is -2.38. The minimum atomic E-state index is 0.234. The molecule has 0 spiro atoms. The Labute approximate surface area is 90.4 Å². The molecule has 0 saturated carbocycles. The Hall–Kier alpha value is -0.0200. The van der Waals surface area contributed by atoms with Gasteiger partial charge in [-0.25, -0.2) is 0 Å². The third-order valence-electron chi connectivity index (χ3n) is 3.53. The number of carbonyl (C=O) groups is 1. The number of nitrogens with zero attached hydrogens (tertiary/aromatic N) is 1. The fourth-order valence-corrected chi connectivity index (χ4v) is 4.38. The van der Waals surface area contributed by atoms with Crippen LogP contribution in [0.3, 0.4) is 0 Å². The largest absolute Gasteiger partial charge is 0.298 e. The number of likely N-dealkylation sites (N-methyl/N-ethyl adjacent to an activating group) is 1. The van der Waals surface area contributed by atoms with Crippen LogP contribution in [-0.2, 0) is 4.79 Å². The van der Waals surface area contributed by atoms with Crippen molar-refractivity contribution in [3.05, 3.63) is 0 Å². The standard InChI is InChI=1S/C11H19NOS/c1-3-12-7-10-9(5-4-6-14-10)11(12)8(2)13/h9-11H,3-7H2,1-2H3. The average molecular weight is 213 g/mol. The highest BCUT2D eigenvalue weighted by Crippen LogP contribution is 2.40. The molecular formula is C11H19NOS. The lowest BCUT2D eigenvalue weighted by molar-refractivity contribution is -0.122. The first-order valence-electron chi connectivity index (χ1n) is 5.60. The van der Waals surface area contributed by atoms with E-state index in [1.807, 2.05) is 0 Å². The Morgan fingerprint density at radius 2 is 2.36 bits per heavy atom. The molecule has 2 aliphatic heterocycles. The van der Waals surface area contributed by atoms with E-state index in [1.165, 1.54) is 18.6 Å². The van der Waals surface area contributed by atoms with Crippen molar-refractivity contribution in [1.29, 1.82) is 0 Å². The molecule has 0 radical (unpaired) electrons. The lowest BCUT2D eigenvalue weighted by Gasteiger charge is -2.28. The van der Waals surface area contributed by atoms with Crippen LogP contribution in [0.2, 0.25) is 0 Å². The van der Waals surface area contributed by atoms with Crippen molar-refractivity contribution < 1.29 is 4.79 Å². The third-order valence-corrected chi connectivity index (χ3v) is 4.98. The van der Waals surface area contributed by atoms with Gasteiger partial charge in [0.2, 0.25) is 0 Å². The van der Waals surface area contributed by atoms with Crippen LogP contribution >= 0.6 is 11.8 Å². The fourth-order valence-electron chi connectivity index (χ4n) is 2.91. The van der Waals surface area contributed by atoms with E-state index < -0.39 is 0 Å². The number of carbonyl (C=O) groups excluding carboxylic acids is 1. The molecule has 0 N–H and O–H groups in total. The zero-order chi connectivity index (χ0) is 10.1. The highest BCUT2D eigenvalue weighted by Gasteiger charge is 2.44. The molecule has 2 nitrogen and oxygen atoms in total. The van der Waals surface area contributed by atoms with E-state index in [0.717, 1.165) is 18.3 Å². The number of hydrogen-bond donors (Lipinski definition) is 0.